The minimum atomic E-state index is -4.72. The highest BCUT2D eigenvalue weighted by Gasteiger charge is 2.31. The van der Waals surface area contributed by atoms with E-state index in [0.717, 1.165) is 24.2 Å². The maximum atomic E-state index is 12.2. The lowest BCUT2D eigenvalue weighted by Crippen LogP contribution is -2.28. The molecule has 128 valence electrons. The Morgan fingerprint density at radius 3 is 2.75 bits per heavy atom. The molecule has 24 heavy (non-hydrogen) atoms. The Labute approximate surface area is 135 Å². The van der Waals surface area contributed by atoms with Gasteiger partial charge in [0.2, 0.25) is 0 Å². The molecule has 0 saturated heterocycles. The lowest BCUT2D eigenvalue weighted by molar-refractivity contribution is -0.274. The number of benzene rings is 1. The van der Waals surface area contributed by atoms with Gasteiger partial charge in [-0.05, 0) is 17.7 Å². The van der Waals surface area contributed by atoms with Gasteiger partial charge in [-0.1, -0.05) is 12.1 Å². The zero-order chi connectivity index (χ0) is 17.2. The highest BCUT2D eigenvalue weighted by Crippen LogP contribution is 2.22. The van der Waals surface area contributed by atoms with Crippen molar-refractivity contribution in [3.8, 4) is 5.75 Å². The van der Waals surface area contributed by atoms with Crippen molar-refractivity contribution >= 4 is 5.91 Å². The van der Waals surface area contributed by atoms with E-state index in [1.165, 1.54) is 24.3 Å². The van der Waals surface area contributed by atoms with Gasteiger partial charge in [0, 0.05) is 37.3 Å². The topological polar surface area (TPSA) is 79.0 Å². The summed E-state index contributed by atoms with van der Waals surface area (Å²) in [5.74, 6) is -0.628. The van der Waals surface area contributed by atoms with E-state index in [1.54, 1.807) is 0 Å². The number of carbonyl (C=O) groups is 1. The number of halogens is 3. The first-order chi connectivity index (χ1) is 11.4. The van der Waals surface area contributed by atoms with E-state index in [4.69, 9.17) is 0 Å². The molecule has 0 fully saturated rings. The van der Waals surface area contributed by atoms with Crippen molar-refractivity contribution in [3.05, 3.63) is 46.8 Å². The van der Waals surface area contributed by atoms with Crippen LogP contribution in [-0.4, -0.2) is 29.0 Å². The minimum absolute atomic E-state index is 0.181. The maximum absolute atomic E-state index is 12.2. The molecule has 0 spiro atoms. The molecule has 0 bridgehead atoms. The van der Waals surface area contributed by atoms with Crippen LogP contribution in [0, 0.1) is 0 Å². The summed E-state index contributed by atoms with van der Waals surface area (Å²) in [7, 11) is 0. The Morgan fingerprint density at radius 2 is 2.04 bits per heavy atom. The molecule has 3 N–H and O–H groups in total. The molecule has 1 aliphatic heterocycles. The molecule has 0 aliphatic carbocycles. The van der Waals surface area contributed by atoms with Gasteiger partial charge < -0.3 is 15.4 Å². The number of ether oxygens (including phenoxy) is 1. The second-order valence-corrected chi connectivity index (χ2v) is 5.33. The molecule has 9 heteroatoms. The van der Waals surface area contributed by atoms with Gasteiger partial charge in [0.25, 0.3) is 5.91 Å². The number of aromatic amines is 1. The van der Waals surface area contributed by atoms with E-state index in [-0.39, 0.29) is 18.2 Å². The number of amides is 1. The first kappa shape index (κ1) is 16.3. The van der Waals surface area contributed by atoms with Crippen molar-refractivity contribution in [2.75, 3.05) is 6.54 Å². The van der Waals surface area contributed by atoms with Gasteiger partial charge in [0.1, 0.15) is 5.75 Å². The average molecular weight is 340 g/mol. The predicted octanol–water partition coefficient (Wildman–Crippen LogP) is 1.88. The van der Waals surface area contributed by atoms with Crippen molar-refractivity contribution in [3.63, 3.8) is 0 Å². The Hall–Kier alpha value is -2.55. The average Bonchev–Trinajstić information content (AvgIpc) is 2.96. The molecule has 3 rings (SSSR count). The third-order valence-electron chi connectivity index (χ3n) is 3.63. The van der Waals surface area contributed by atoms with Crippen LogP contribution in [-0.2, 0) is 19.5 Å². The number of hydrogen-bond acceptors (Lipinski definition) is 4. The van der Waals surface area contributed by atoms with Gasteiger partial charge in [0.15, 0.2) is 5.69 Å². The van der Waals surface area contributed by atoms with Gasteiger partial charge in [-0.15, -0.1) is 13.2 Å². The van der Waals surface area contributed by atoms with E-state index >= 15 is 0 Å². The molecule has 1 aromatic carbocycles. The summed E-state index contributed by atoms with van der Waals surface area (Å²) in [6.45, 7) is 1.60. The fourth-order valence-electron chi connectivity index (χ4n) is 2.49. The number of rotatable bonds is 4. The quantitative estimate of drug-likeness (QED) is 0.794. The van der Waals surface area contributed by atoms with Gasteiger partial charge in [-0.3, -0.25) is 9.89 Å². The molecule has 0 atom stereocenters. The molecular weight excluding hydrogens is 325 g/mol. The van der Waals surface area contributed by atoms with Crippen LogP contribution in [0.3, 0.4) is 0 Å². The molecular formula is C15H15F3N4O2. The van der Waals surface area contributed by atoms with Crippen LogP contribution >= 0.6 is 0 Å². The Morgan fingerprint density at radius 1 is 1.29 bits per heavy atom. The largest absolute Gasteiger partial charge is 0.573 e. The van der Waals surface area contributed by atoms with Crippen LogP contribution in [0.1, 0.15) is 27.3 Å². The summed E-state index contributed by atoms with van der Waals surface area (Å²) in [5.41, 5.74) is 2.80. The summed E-state index contributed by atoms with van der Waals surface area (Å²) in [6.07, 6.45) is -3.93. The summed E-state index contributed by atoms with van der Waals surface area (Å²) in [6, 6.07) is 5.33. The standard InChI is InChI=1S/C15H15F3N4O2/c16-15(17,18)24-10-3-1-9(2-4-10)7-20-14(23)13-11-8-19-6-5-12(11)21-22-13/h1-4,19H,5-8H2,(H,20,23)(H,21,22). The molecule has 0 unspecified atom stereocenters. The van der Waals surface area contributed by atoms with Crippen LogP contribution < -0.4 is 15.4 Å². The predicted molar refractivity (Wildman–Crippen MR) is 78.3 cm³/mol. The zero-order valence-corrected chi connectivity index (χ0v) is 12.5. The molecule has 6 nitrogen and oxygen atoms in total. The van der Waals surface area contributed by atoms with Crippen molar-refractivity contribution in [2.24, 2.45) is 0 Å². The number of carbonyl (C=O) groups excluding carboxylic acids is 1. The third kappa shape index (κ3) is 3.85. The lowest BCUT2D eigenvalue weighted by atomic mass is 10.1. The maximum Gasteiger partial charge on any atom is 0.573 e. The lowest BCUT2D eigenvalue weighted by Gasteiger charge is -2.13. The van der Waals surface area contributed by atoms with Crippen molar-refractivity contribution in [2.45, 2.75) is 25.9 Å². The Kier molecular flexibility index (Phi) is 4.43. The first-order valence-electron chi connectivity index (χ1n) is 7.32. The molecule has 0 radical (unpaired) electrons. The minimum Gasteiger partial charge on any atom is -0.406 e. The highest BCUT2D eigenvalue weighted by molar-refractivity contribution is 5.94. The molecule has 1 amide bonds. The van der Waals surface area contributed by atoms with Gasteiger partial charge >= 0.3 is 6.36 Å². The fraction of sp³-hybridized carbons (Fsp3) is 0.333. The Balaban J connectivity index is 1.59. The normalized spacial score (nSPS) is 14.1. The van der Waals surface area contributed by atoms with E-state index in [2.05, 4.69) is 25.6 Å². The van der Waals surface area contributed by atoms with Crippen LogP contribution in [0.2, 0.25) is 0 Å². The fourth-order valence-corrected chi connectivity index (χ4v) is 2.49. The summed E-state index contributed by atoms with van der Waals surface area (Å²) < 4.78 is 40.1. The summed E-state index contributed by atoms with van der Waals surface area (Å²) in [5, 5.41) is 12.8. The van der Waals surface area contributed by atoms with E-state index in [9.17, 15) is 18.0 Å². The van der Waals surface area contributed by atoms with E-state index in [0.29, 0.717) is 17.8 Å². The molecule has 0 saturated carbocycles. The summed E-state index contributed by atoms with van der Waals surface area (Å²) in [4.78, 5) is 12.2. The van der Waals surface area contributed by atoms with Gasteiger partial charge in [-0.2, -0.15) is 5.10 Å². The number of aromatic nitrogens is 2. The third-order valence-corrected chi connectivity index (χ3v) is 3.63. The Bertz CT molecular complexity index is 725. The SMILES string of the molecule is O=C(NCc1ccc(OC(F)(F)F)cc1)c1n[nH]c2c1CNCC2. The van der Waals surface area contributed by atoms with Crippen molar-refractivity contribution in [1.29, 1.82) is 0 Å². The number of fused-ring (bicyclic) bond motifs is 1. The van der Waals surface area contributed by atoms with Crippen LogP contribution in [0.25, 0.3) is 0 Å². The second kappa shape index (κ2) is 6.52. The monoisotopic (exact) mass is 340 g/mol. The number of nitrogens with zero attached hydrogens (tertiary/aromatic N) is 1. The molecule has 2 aromatic rings. The van der Waals surface area contributed by atoms with Crippen molar-refractivity contribution < 1.29 is 22.7 Å². The first-order valence-corrected chi connectivity index (χ1v) is 7.32. The van der Waals surface area contributed by atoms with Crippen molar-refractivity contribution in [1.82, 2.24) is 20.8 Å². The second-order valence-electron chi connectivity index (χ2n) is 5.33. The van der Waals surface area contributed by atoms with Gasteiger partial charge in [-0.25, -0.2) is 0 Å². The molecule has 2 heterocycles. The highest BCUT2D eigenvalue weighted by atomic mass is 19.4. The number of alkyl halides is 3. The molecule has 1 aliphatic rings. The molecule has 1 aromatic heterocycles. The zero-order valence-electron chi connectivity index (χ0n) is 12.5. The number of nitrogens with one attached hydrogen (secondary N) is 3. The van der Waals surface area contributed by atoms with Gasteiger partial charge in [0.05, 0.1) is 0 Å². The van der Waals surface area contributed by atoms with Crippen LogP contribution in [0.5, 0.6) is 5.75 Å². The summed E-state index contributed by atoms with van der Waals surface area (Å²) >= 11 is 0. The van der Waals surface area contributed by atoms with E-state index in [1.807, 2.05) is 0 Å². The van der Waals surface area contributed by atoms with E-state index < -0.39 is 6.36 Å². The number of H-pyrrole nitrogens is 1. The smallest absolute Gasteiger partial charge is 0.406 e. The number of hydrogen-bond donors (Lipinski definition) is 3. The van der Waals surface area contributed by atoms with Crippen LogP contribution in [0.4, 0.5) is 13.2 Å². The van der Waals surface area contributed by atoms with Crippen LogP contribution in [0.15, 0.2) is 24.3 Å².